The summed E-state index contributed by atoms with van der Waals surface area (Å²) < 4.78 is 0. The highest BCUT2D eigenvalue weighted by atomic mass is 14.0. The highest BCUT2D eigenvalue weighted by molar-refractivity contribution is 5.66. The van der Waals surface area contributed by atoms with E-state index < -0.39 is 0 Å². The molecule has 0 aliphatic carbocycles. The first-order chi connectivity index (χ1) is 7.61. The van der Waals surface area contributed by atoms with E-state index in [1.807, 2.05) is 0 Å². The van der Waals surface area contributed by atoms with E-state index in [9.17, 15) is 0 Å². The zero-order valence-corrected chi connectivity index (χ0v) is 10.9. The maximum Gasteiger partial charge on any atom is -0.0228 e. The van der Waals surface area contributed by atoms with Gasteiger partial charge in [-0.15, -0.1) is 0 Å². The van der Waals surface area contributed by atoms with E-state index in [0.717, 1.165) is 12.8 Å². The monoisotopic (exact) mass is 214 g/mol. The maximum absolute atomic E-state index is 2.31. The molecule has 1 rings (SSSR count). The van der Waals surface area contributed by atoms with Gasteiger partial charge in [0, 0.05) is 0 Å². The average Bonchev–Trinajstić information content (AvgIpc) is 2.28. The molecule has 1 aromatic carbocycles. The van der Waals surface area contributed by atoms with Crippen LogP contribution in [0.15, 0.2) is 47.6 Å². The summed E-state index contributed by atoms with van der Waals surface area (Å²) in [7, 11) is 0. The van der Waals surface area contributed by atoms with Crippen LogP contribution in [0.4, 0.5) is 0 Å². The minimum absolute atomic E-state index is 1.15. The molecule has 0 unspecified atom stereocenters. The smallest absolute Gasteiger partial charge is 0.0228 e. The Morgan fingerprint density at radius 2 is 1.62 bits per heavy atom. The normalized spacial score (nSPS) is 12.0. The van der Waals surface area contributed by atoms with Crippen LogP contribution in [0.25, 0.3) is 5.57 Å². The fourth-order valence-corrected chi connectivity index (χ4v) is 1.70. The van der Waals surface area contributed by atoms with E-state index in [1.54, 1.807) is 0 Å². The van der Waals surface area contributed by atoms with Gasteiger partial charge in [0.15, 0.2) is 0 Å². The van der Waals surface area contributed by atoms with Gasteiger partial charge in [0.1, 0.15) is 0 Å². The lowest BCUT2D eigenvalue weighted by atomic mass is 9.99. The predicted molar refractivity (Wildman–Crippen MR) is 73.4 cm³/mol. The Kier molecular flexibility index (Phi) is 5.04. The molecule has 1 aromatic rings. The van der Waals surface area contributed by atoms with Gasteiger partial charge < -0.3 is 0 Å². The van der Waals surface area contributed by atoms with Crippen molar-refractivity contribution in [3.8, 4) is 0 Å². The largest absolute Gasteiger partial charge is 0.0856 e. The molecule has 0 heterocycles. The van der Waals surface area contributed by atoms with Crippen LogP contribution in [0, 0.1) is 0 Å². The molecule has 0 fully saturated rings. The number of allylic oxidation sites excluding steroid dienone is 4. The highest BCUT2D eigenvalue weighted by Gasteiger charge is 1.99. The van der Waals surface area contributed by atoms with Crippen LogP contribution < -0.4 is 0 Å². The number of rotatable bonds is 4. The number of hydrogen-bond donors (Lipinski definition) is 0. The van der Waals surface area contributed by atoms with Gasteiger partial charge in [0.05, 0.1) is 0 Å². The average molecular weight is 214 g/mol. The molecular formula is C16H22. The zero-order chi connectivity index (χ0) is 12.0. The molecule has 0 bridgehead atoms. The summed E-state index contributed by atoms with van der Waals surface area (Å²) in [4.78, 5) is 0. The maximum atomic E-state index is 2.31. The van der Waals surface area contributed by atoms with Crippen molar-refractivity contribution in [1.82, 2.24) is 0 Å². The third kappa shape index (κ3) is 4.06. The van der Waals surface area contributed by atoms with Gasteiger partial charge >= 0.3 is 0 Å². The first-order valence-corrected chi connectivity index (χ1v) is 5.96. The first kappa shape index (κ1) is 12.8. The van der Waals surface area contributed by atoms with Crippen molar-refractivity contribution in [2.24, 2.45) is 0 Å². The molecular weight excluding hydrogens is 192 g/mol. The van der Waals surface area contributed by atoms with Crippen LogP contribution in [-0.4, -0.2) is 0 Å². The summed E-state index contributed by atoms with van der Waals surface area (Å²) in [6.45, 7) is 8.76. The first-order valence-electron chi connectivity index (χ1n) is 5.96. The molecule has 0 saturated heterocycles. The SMILES string of the molecule is CC(C)=CCCC(C)=C(C)c1ccccc1. The Morgan fingerprint density at radius 1 is 1.00 bits per heavy atom. The lowest BCUT2D eigenvalue weighted by Gasteiger charge is -2.07. The van der Waals surface area contributed by atoms with Crippen molar-refractivity contribution in [3.05, 3.63) is 53.1 Å². The molecule has 16 heavy (non-hydrogen) atoms. The van der Waals surface area contributed by atoms with E-state index in [0.29, 0.717) is 0 Å². The second-order valence-corrected chi connectivity index (χ2v) is 4.59. The molecule has 0 heteroatoms. The molecule has 0 N–H and O–H groups in total. The zero-order valence-electron chi connectivity index (χ0n) is 10.9. The Labute approximate surface area is 99.7 Å². The van der Waals surface area contributed by atoms with E-state index in [-0.39, 0.29) is 0 Å². The second-order valence-electron chi connectivity index (χ2n) is 4.59. The van der Waals surface area contributed by atoms with Crippen LogP contribution >= 0.6 is 0 Å². The van der Waals surface area contributed by atoms with Crippen molar-refractivity contribution < 1.29 is 0 Å². The fraction of sp³-hybridized carbons (Fsp3) is 0.375. The molecule has 0 radical (unpaired) electrons. The van der Waals surface area contributed by atoms with Crippen LogP contribution in [0.1, 0.15) is 46.1 Å². The summed E-state index contributed by atoms with van der Waals surface area (Å²) in [5.74, 6) is 0. The summed E-state index contributed by atoms with van der Waals surface area (Å²) in [6.07, 6.45) is 4.62. The van der Waals surface area contributed by atoms with Crippen molar-refractivity contribution in [2.45, 2.75) is 40.5 Å². The molecule has 0 atom stereocenters. The number of hydrogen-bond acceptors (Lipinski definition) is 0. The molecule has 86 valence electrons. The van der Waals surface area contributed by atoms with Crippen molar-refractivity contribution >= 4 is 5.57 Å². The van der Waals surface area contributed by atoms with Crippen molar-refractivity contribution in [2.75, 3.05) is 0 Å². The van der Waals surface area contributed by atoms with E-state index in [2.05, 4.69) is 64.1 Å². The third-order valence-electron chi connectivity index (χ3n) is 2.92. The minimum Gasteiger partial charge on any atom is -0.0856 e. The van der Waals surface area contributed by atoms with Crippen LogP contribution in [-0.2, 0) is 0 Å². The summed E-state index contributed by atoms with van der Waals surface area (Å²) in [6, 6.07) is 10.6. The molecule has 0 spiro atoms. The van der Waals surface area contributed by atoms with Gasteiger partial charge in [-0.25, -0.2) is 0 Å². The quantitative estimate of drug-likeness (QED) is 0.602. The van der Waals surface area contributed by atoms with Crippen LogP contribution in [0.3, 0.4) is 0 Å². The van der Waals surface area contributed by atoms with Gasteiger partial charge in [0.25, 0.3) is 0 Å². The molecule has 0 saturated carbocycles. The van der Waals surface area contributed by atoms with Crippen molar-refractivity contribution in [3.63, 3.8) is 0 Å². The van der Waals surface area contributed by atoms with Gasteiger partial charge in [-0.1, -0.05) is 47.6 Å². The topological polar surface area (TPSA) is 0 Å². The molecule has 0 aliphatic heterocycles. The lowest BCUT2D eigenvalue weighted by molar-refractivity contribution is 0.968. The molecule has 0 aromatic heterocycles. The van der Waals surface area contributed by atoms with Gasteiger partial charge in [-0.3, -0.25) is 0 Å². The Bertz CT molecular complexity index is 376. The Hall–Kier alpha value is -1.30. The van der Waals surface area contributed by atoms with Gasteiger partial charge in [-0.05, 0) is 51.7 Å². The number of benzene rings is 1. The third-order valence-corrected chi connectivity index (χ3v) is 2.92. The summed E-state index contributed by atoms with van der Waals surface area (Å²) in [5.41, 5.74) is 5.66. The lowest BCUT2D eigenvalue weighted by Crippen LogP contribution is -1.85. The van der Waals surface area contributed by atoms with Crippen LogP contribution in [0.5, 0.6) is 0 Å². The van der Waals surface area contributed by atoms with Crippen molar-refractivity contribution in [1.29, 1.82) is 0 Å². The minimum atomic E-state index is 1.15. The fourth-order valence-electron chi connectivity index (χ4n) is 1.70. The van der Waals surface area contributed by atoms with E-state index in [4.69, 9.17) is 0 Å². The highest BCUT2D eigenvalue weighted by Crippen LogP contribution is 2.21. The molecule has 0 amide bonds. The Balaban J connectivity index is 2.70. The van der Waals surface area contributed by atoms with E-state index in [1.165, 1.54) is 22.3 Å². The van der Waals surface area contributed by atoms with E-state index >= 15 is 0 Å². The van der Waals surface area contributed by atoms with Gasteiger partial charge in [0.2, 0.25) is 0 Å². The summed E-state index contributed by atoms with van der Waals surface area (Å²) in [5, 5.41) is 0. The Morgan fingerprint density at radius 3 is 2.19 bits per heavy atom. The second kappa shape index (κ2) is 6.32. The van der Waals surface area contributed by atoms with Crippen LogP contribution in [0.2, 0.25) is 0 Å². The molecule has 0 aliphatic rings. The molecule has 0 nitrogen and oxygen atoms in total. The predicted octanol–water partition coefficient (Wildman–Crippen LogP) is 5.23. The standard InChI is InChI=1S/C16H22/c1-13(2)9-8-10-14(3)15(4)16-11-6-5-7-12-16/h5-7,9,11-12H,8,10H2,1-4H3. The summed E-state index contributed by atoms with van der Waals surface area (Å²) >= 11 is 0. The van der Waals surface area contributed by atoms with Gasteiger partial charge in [-0.2, -0.15) is 0 Å².